The molecule has 1 aliphatic rings. The highest BCUT2D eigenvalue weighted by molar-refractivity contribution is 6.04. The standard InChI is InChI=1S/C27H38N2O2/c1-5-7-13-25(22-11-9-8-10-12-22)27(6-2,28(3)4)26(30)23-14-16-24(17-15-23)29-18-20-31-21-19-29/h8-12,14-17,25H,5-7,13,18-21H2,1-4H3. The molecule has 1 aliphatic heterocycles. The van der Waals surface area contributed by atoms with Crippen molar-refractivity contribution >= 4 is 11.5 Å². The van der Waals surface area contributed by atoms with Gasteiger partial charge in [0.1, 0.15) is 0 Å². The maximum Gasteiger partial charge on any atom is 0.183 e. The predicted molar refractivity (Wildman–Crippen MR) is 129 cm³/mol. The summed E-state index contributed by atoms with van der Waals surface area (Å²) in [6, 6.07) is 18.8. The van der Waals surface area contributed by atoms with E-state index in [1.54, 1.807) is 0 Å². The highest BCUT2D eigenvalue weighted by Crippen LogP contribution is 2.41. The lowest BCUT2D eigenvalue weighted by molar-refractivity contribution is 0.0568. The molecule has 2 atom stereocenters. The number of anilines is 1. The molecule has 0 radical (unpaired) electrons. The van der Waals surface area contributed by atoms with Gasteiger partial charge in [0.2, 0.25) is 0 Å². The van der Waals surface area contributed by atoms with Crippen molar-refractivity contribution in [3.8, 4) is 0 Å². The Morgan fingerprint density at radius 1 is 1.03 bits per heavy atom. The molecule has 0 bridgehead atoms. The molecule has 4 nitrogen and oxygen atoms in total. The van der Waals surface area contributed by atoms with E-state index < -0.39 is 5.54 Å². The van der Waals surface area contributed by atoms with Crippen LogP contribution in [0.4, 0.5) is 5.69 Å². The minimum atomic E-state index is -0.572. The molecule has 1 fully saturated rings. The summed E-state index contributed by atoms with van der Waals surface area (Å²) in [7, 11) is 4.12. The van der Waals surface area contributed by atoms with Gasteiger partial charge in [-0.1, -0.05) is 57.0 Å². The van der Waals surface area contributed by atoms with Crippen LogP contribution in [0.25, 0.3) is 0 Å². The SMILES string of the molecule is CCCCC(c1ccccc1)C(CC)(C(=O)c1ccc(N2CCOCC2)cc1)N(C)C. The molecule has 0 amide bonds. The predicted octanol–water partition coefficient (Wildman–Crippen LogP) is 5.39. The van der Waals surface area contributed by atoms with Crippen LogP contribution in [0.1, 0.15) is 61.4 Å². The zero-order chi connectivity index (χ0) is 22.3. The van der Waals surface area contributed by atoms with Crippen LogP contribution in [0.3, 0.4) is 0 Å². The van der Waals surface area contributed by atoms with Crippen LogP contribution >= 0.6 is 0 Å². The maximum absolute atomic E-state index is 14.1. The summed E-state index contributed by atoms with van der Waals surface area (Å²) in [5.74, 6) is 0.374. The smallest absolute Gasteiger partial charge is 0.183 e. The van der Waals surface area contributed by atoms with Gasteiger partial charge in [-0.3, -0.25) is 9.69 Å². The number of ketones is 1. The average Bonchev–Trinajstić information content (AvgIpc) is 2.82. The number of morpholine rings is 1. The number of hydrogen-bond acceptors (Lipinski definition) is 4. The number of carbonyl (C=O) groups excluding carboxylic acids is 1. The highest BCUT2D eigenvalue weighted by Gasteiger charge is 2.46. The Hall–Kier alpha value is -2.17. The van der Waals surface area contributed by atoms with E-state index in [1.807, 2.05) is 12.1 Å². The highest BCUT2D eigenvalue weighted by atomic mass is 16.5. The molecule has 31 heavy (non-hydrogen) atoms. The van der Waals surface area contributed by atoms with Crippen molar-refractivity contribution in [1.29, 1.82) is 0 Å². The number of likely N-dealkylation sites (N-methyl/N-ethyl adjacent to an activating group) is 1. The lowest BCUT2D eigenvalue weighted by Crippen LogP contribution is -2.55. The first-order chi connectivity index (χ1) is 15.0. The fourth-order valence-electron chi connectivity index (χ4n) is 5.07. The van der Waals surface area contributed by atoms with Crippen molar-refractivity contribution in [1.82, 2.24) is 4.90 Å². The number of unbranched alkanes of at least 4 members (excludes halogenated alkanes) is 1. The molecule has 2 aromatic rings. The van der Waals surface area contributed by atoms with Crippen LogP contribution in [0.15, 0.2) is 54.6 Å². The number of benzene rings is 2. The molecular weight excluding hydrogens is 384 g/mol. The van der Waals surface area contributed by atoms with Crippen LogP contribution in [0, 0.1) is 0 Å². The van der Waals surface area contributed by atoms with Crippen LogP contribution in [0.2, 0.25) is 0 Å². The third-order valence-electron chi connectivity index (χ3n) is 6.86. The van der Waals surface area contributed by atoms with Crippen LogP contribution in [-0.2, 0) is 4.74 Å². The van der Waals surface area contributed by atoms with Crippen LogP contribution < -0.4 is 4.90 Å². The number of ether oxygens (including phenoxy) is 1. The van der Waals surface area contributed by atoms with Gasteiger partial charge < -0.3 is 9.64 Å². The van der Waals surface area contributed by atoms with Gasteiger partial charge in [0.05, 0.1) is 18.8 Å². The Kier molecular flexibility index (Phi) is 8.28. The van der Waals surface area contributed by atoms with Crippen molar-refractivity contribution in [3.05, 3.63) is 65.7 Å². The van der Waals surface area contributed by atoms with E-state index in [2.05, 4.69) is 80.2 Å². The van der Waals surface area contributed by atoms with Crippen LogP contribution in [-0.4, -0.2) is 56.6 Å². The Morgan fingerprint density at radius 2 is 1.68 bits per heavy atom. The normalized spacial score (nSPS) is 17.4. The summed E-state index contributed by atoms with van der Waals surface area (Å²) < 4.78 is 5.47. The van der Waals surface area contributed by atoms with E-state index in [0.717, 1.165) is 63.2 Å². The van der Waals surface area contributed by atoms with Gasteiger partial charge in [-0.2, -0.15) is 0 Å². The zero-order valence-electron chi connectivity index (χ0n) is 19.6. The monoisotopic (exact) mass is 422 g/mol. The summed E-state index contributed by atoms with van der Waals surface area (Å²) in [6.07, 6.45) is 4.01. The van der Waals surface area contributed by atoms with Gasteiger partial charge in [0, 0.05) is 30.3 Å². The molecule has 1 saturated heterocycles. The maximum atomic E-state index is 14.1. The van der Waals surface area contributed by atoms with Crippen molar-refractivity contribution in [2.24, 2.45) is 0 Å². The number of nitrogens with zero attached hydrogens (tertiary/aromatic N) is 2. The van der Waals surface area contributed by atoms with E-state index in [0.29, 0.717) is 0 Å². The molecular formula is C27H38N2O2. The molecule has 168 valence electrons. The third-order valence-corrected chi connectivity index (χ3v) is 6.86. The van der Waals surface area contributed by atoms with E-state index in [-0.39, 0.29) is 11.7 Å². The first kappa shape index (κ1) is 23.5. The first-order valence-corrected chi connectivity index (χ1v) is 11.7. The lowest BCUT2D eigenvalue weighted by atomic mass is 9.69. The Balaban J connectivity index is 1.96. The molecule has 0 aliphatic carbocycles. The van der Waals surface area contributed by atoms with E-state index in [9.17, 15) is 4.79 Å². The summed E-state index contributed by atoms with van der Waals surface area (Å²) in [5, 5.41) is 0. The molecule has 1 heterocycles. The summed E-state index contributed by atoms with van der Waals surface area (Å²) in [5.41, 5.74) is 2.64. The molecule has 0 N–H and O–H groups in total. The van der Waals surface area contributed by atoms with Gasteiger partial charge in [-0.15, -0.1) is 0 Å². The van der Waals surface area contributed by atoms with Crippen molar-refractivity contribution in [3.63, 3.8) is 0 Å². The van der Waals surface area contributed by atoms with Gasteiger partial charge in [-0.25, -0.2) is 0 Å². The quantitative estimate of drug-likeness (QED) is 0.481. The topological polar surface area (TPSA) is 32.8 Å². The molecule has 2 aromatic carbocycles. The largest absolute Gasteiger partial charge is 0.378 e. The molecule has 4 heteroatoms. The van der Waals surface area contributed by atoms with Crippen LogP contribution in [0.5, 0.6) is 0 Å². The summed E-state index contributed by atoms with van der Waals surface area (Å²) in [4.78, 5) is 18.6. The average molecular weight is 423 g/mol. The van der Waals surface area contributed by atoms with Gasteiger partial charge in [0.15, 0.2) is 5.78 Å². The third kappa shape index (κ3) is 5.02. The zero-order valence-corrected chi connectivity index (χ0v) is 19.6. The van der Waals surface area contributed by atoms with Gasteiger partial charge in [-0.05, 0) is 56.8 Å². The molecule has 3 rings (SSSR count). The van der Waals surface area contributed by atoms with Gasteiger partial charge in [0.25, 0.3) is 0 Å². The van der Waals surface area contributed by atoms with Crippen molar-refractivity contribution in [2.45, 2.75) is 51.0 Å². The molecule has 0 saturated carbocycles. The van der Waals surface area contributed by atoms with Crippen molar-refractivity contribution in [2.75, 3.05) is 45.3 Å². The fraction of sp³-hybridized carbons (Fsp3) is 0.519. The Labute approximate surface area is 188 Å². The Morgan fingerprint density at radius 3 is 2.23 bits per heavy atom. The fourth-order valence-corrected chi connectivity index (χ4v) is 5.07. The lowest BCUT2D eigenvalue weighted by Gasteiger charge is -2.45. The molecule has 0 spiro atoms. The summed E-state index contributed by atoms with van der Waals surface area (Å²) in [6.45, 7) is 7.69. The first-order valence-electron chi connectivity index (χ1n) is 11.7. The van der Waals surface area contributed by atoms with Gasteiger partial charge >= 0.3 is 0 Å². The number of carbonyl (C=O) groups is 1. The number of Topliss-reactive ketones (excluding diaryl/α,β-unsaturated/α-hetero) is 1. The molecule has 0 aromatic heterocycles. The van der Waals surface area contributed by atoms with Crippen molar-refractivity contribution < 1.29 is 9.53 Å². The molecule has 2 unspecified atom stereocenters. The minimum Gasteiger partial charge on any atom is -0.378 e. The second-order valence-corrected chi connectivity index (χ2v) is 8.75. The van der Waals surface area contributed by atoms with E-state index >= 15 is 0 Å². The second kappa shape index (κ2) is 10.9. The number of rotatable bonds is 10. The minimum absolute atomic E-state index is 0.153. The number of hydrogen-bond donors (Lipinski definition) is 0. The Bertz CT molecular complexity index is 813. The van der Waals surface area contributed by atoms with E-state index in [4.69, 9.17) is 4.74 Å². The summed E-state index contributed by atoms with van der Waals surface area (Å²) >= 11 is 0. The second-order valence-electron chi connectivity index (χ2n) is 8.75. The van der Waals surface area contributed by atoms with E-state index in [1.165, 1.54) is 5.56 Å².